The fourth-order valence-corrected chi connectivity index (χ4v) is 5.10. The molecule has 2 aromatic heterocycles. The van der Waals surface area contributed by atoms with Gasteiger partial charge in [0, 0.05) is 42.4 Å². The van der Waals surface area contributed by atoms with Gasteiger partial charge in [-0.1, -0.05) is 18.2 Å². The molecule has 7 heteroatoms. The van der Waals surface area contributed by atoms with Crippen LogP contribution in [0.5, 0.6) is 5.75 Å². The number of hydrogen-bond acceptors (Lipinski definition) is 5. The number of aryl methyl sites for hydroxylation is 1. The Labute approximate surface area is 204 Å². The molecule has 6 nitrogen and oxygen atoms in total. The van der Waals surface area contributed by atoms with E-state index >= 15 is 0 Å². The summed E-state index contributed by atoms with van der Waals surface area (Å²) in [6.07, 6.45) is 4.73. The monoisotopic (exact) mass is 483 g/mol. The summed E-state index contributed by atoms with van der Waals surface area (Å²) in [6, 6.07) is 21.4. The lowest BCUT2D eigenvalue weighted by Gasteiger charge is -2.11. The molecule has 0 aliphatic carbocycles. The summed E-state index contributed by atoms with van der Waals surface area (Å²) in [5.74, 6) is 1.58. The molecule has 5 aromatic rings. The standard InChI is InChI=1S/C28H25N3O3S/c1-18-15-24(35(4,32)33)9-10-25(18)28-30-26(19-11-13-29-14-12-19)27(31(28)2)22-6-5-21-17-23(34-3)8-7-20(21)16-22/h5-17H,1-4H3. The van der Waals surface area contributed by atoms with Gasteiger partial charge in [0.15, 0.2) is 9.84 Å². The number of ether oxygens (including phenoxy) is 1. The lowest BCUT2D eigenvalue weighted by molar-refractivity contribution is 0.415. The third kappa shape index (κ3) is 4.19. The normalized spacial score (nSPS) is 11.7. The van der Waals surface area contributed by atoms with E-state index in [1.54, 1.807) is 31.6 Å². The van der Waals surface area contributed by atoms with Crippen molar-refractivity contribution in [3.63, 3.8) is 0 Å². The summed E-state index contributed by atoms with van der Waals surface area (Å²) in [7, 11) is 0.363. The van der Waals surface area contributed by atoms with Crippen LogP contribution in [0.1, 0.15) is 5.56 Å². The maximum absolute atomic E-state index is 12.0. The van der Waals surface area contributed by atoms with Gasteiger partial charge in [0.1, 0.15) is 11.6 Å². The van der Waals surface area contributed by atoms with Crippen molar-refractivity contribution >= 4 is 20.6 Å². The van der Waals surface area contributed by atoms with E-state index in [2.05, 4.69) is 33.8 Å². The fourth-order valence-electron chi connectivity index (χ4n) is 4.40. The number of sulfone groups is 1. The van der Waals surface area contributed by atoms with Gasteiger partial charge in [-0.15, -0.1) is 0 Å². The molecule has 0 radical (unpaired) electrons. The summed E-state index contributed by atoms with van der Waals surface area (Å²) in [5.41, 5.74) is 5.52. The SMILES string of the molecule is COc1ccc2cc(-c3c(-c4ccncc4)nc(-c4ccc(S(C)(=O)=O)cc4C)n3C)ccc2c1. The number of fused-ring (bicyclic) bond motifs is 1. The Balaban J connectivity index is 1.73. The molecule has 3 aromatic carbocycles. The molecule has 0 fully saturated rings. The van der Waals surface area contributed by atoms with Gasteiger partial charge >= 0.3 is 0 Å². The molecule has 2 heterocycles. The Morgan fingerprint density at radius 2 is 1.57 bits per heavy atom. The summed E-state index contributed by atoms with van der Waals surface area (Å²) in [4.78, 5) is 9.51. The van der Waals surface area contributed by atoms with Gasteiger partial charge in [0.05, 0.1) is 23.4 Å². The highest BCUT2D eigenvalue weighted by atomic mass is 32.2. The van der Waals surface area contributed by atoms with Gasteiger partial charge in [-0.2, -0.15) is 0 Å². The molecule has 0 saturated carbocycles. The molecule has 0 bridgehead atoms. The highest BCUT2D eigenvalue weighted by Gasteiger charge is 2.21. The number of rotatable bonds is 5. The van der Waals surface area contributed by atoms with Crippen LogP contribution in [0.3, 0.4) is 0 Å². The van der Waals surface area contributed by atoms with Crippen LogP contribution in [-0.4, -0.2) is 36.3 Å². The molecule has 0 amide bonds. The van der Waals surface area contributed by atoms with E-state index in [0.717, 1.165) is 56.0 Å². The first-order chi connectivity index (χ1) is 16.8. The maximum atomic E-state index is 12.0. The molecule has 176 valence electrons. The third-order valence-electron chi connectivity index (χ3n) is 6.24. The first-order valence-corrected chi connectivity index (χ1v) is 13.0. The van der Waals surface area contributed by atoms with Crippen LogP contribution >= 0.6 is 0 Å². The first-order valence-electron chi connectivity index (χ1n) is 11.1. The molecule has 0 aliphatic heterocycles. The Hall–Kier alpha value is -3.97. The zero-order chi connectivity index (χ0) is 24.7. The Bertz CT molecular complexity index is 1670. The number of hydrogen-bond donors (Lipinski definition) is 0. The summed E-state index contributed by atoms with van der Waals surface area (Å²) in [6.45, 7) is 1.91. The molecule has 0 saturated heterocycles. The minimum Gasteiger partial charge on any atom is -0.497 e. The van der Waals surface area contributed by atoms with E-state index in [9.17, 15) is 8.42 Å². The largest absolute Gasteiger partial charge is 0.497 e. The highest BCUT2D eigenvalue weighted by Crippen LogP contribution is 2.37. The van der Waals surface area contributed by atoms with E-state index in [4.69, 9.17) is 9.72 Å². The zero-order valence-corrected chi connectivity index (χ0v) is 20.8. The topological polar surface area (TPSA) is 74.1 Å². The van der Waals surface area contributed by atoms with E-state index in [1.807, 2.05) is 44.3 Å². The minimum atomic E-state index is -3.29. The van der Waals surface area contributed by atoms with E-state index in [-0.39, 0.29) is 0 Å². The maximum Gasteiger partial charge on any atom is 0.175 e. The van der Waals surface area contributed by atoms with Crippen molar-refractivity contribution in [1.82, 2.24) is 14.5 Å². The second-order valence-electron chi connectivity index (χ2n) is 8.60. The zero-order valence-electron chi connectivity index (χ0n) is 20.0. The highest BCUT2D eigenvalue weighted by molar-refractivity contribution is 7.90. The van der Waals surface area contributed by atoms with Crippen LogP contribution in [0.2, 0.25) is 0 Å². The number of aromatic nitrogens is 3. The van der Waals surface area contributed by atoms with Crippen molar-refractivity contribution in [3.8, 4) is 39.7 Å². The van der Waals surface area contributed by atoms with Gasteiger partial charge in [-0.25, -0.2) is 13.4 Å². The van der Waals surface area contributed by atoms with Crippen LogP contribution in [0.25, 0.3) is 44.7 Å². The molecule has 35 heavy (non-hydrogen) atoms. The molecular formula is C28H25N3O3S. The molecule has 0 atom stereocenters. The number of pyridine rings is 1. The van der Waals surface area contributed by atoms with Crippen molar-refractivity contribution in [1.29, 1.82) is 0 Å². The van der Waals surface area contributed by atoms with Crippen LogP contribution in [0, 0.1) is 6.92 Å². The van der Waals surface area contributed by atoms with Gasteiger partial charge in [-0.05, 0) is 71.8 Å². The van der Waals surface area contributed by atoms with Crippen LogP contribution < -0.4 is 4.74 Å². The van der Waals surface area contributed by atoms with Gasteiger partial charge in [0.25, 0.3) is 0 Å². The van der Waals surface area contributed by atoms with E-state index < -0.39 is 9.84 Å². The average molecular weight is 484 g/mol. The van der Waals surface area contributed by atoms with Gasteiger partial charge in [-0.3, -0.25) is 4.98 Å². The number of nitrogens with zero attached hydrogens (tertiary/aromatic N) is 3. The lowest BCUT2D eigenvalue weighted by atomic mass is 10.0. The predicted molar refractivity (Wildman–Crippen MR) is 139 cm³/mol. The predicted octanol–water partition coefficient (Wildman–Crippen LogP) is 5.69. The smallest absolute Gasteiger partial charge is 0.175 e. The average Bonchev–Trinajstić information content (AvgIpc) is 3.20. The first kappa shape index (κ1) is 22.8. The van der Waals surface area contributed by atoms with Crippen LogP contribution in [0.4, 0.5) is 0 Å². The molecule has 0 N–H and O–H groups in total. The Morgan fingerprint density at radius 1 is 0.857 bits per heavy atom. The Kier molecular flexibility index (Phi) is 5.65. The van der Waals surface area contributed by atoms with Gasteiger partial charge < -0.3 is 9.30 Å². The third-order valence-corrected chi connectivity index (χ3v) is 7.35. The quantitative estimate of drug-likeness (QED) is 0.321. The summed E-state index contributed by atoms with van der Waals surface area (Å²) in [5, 5.41) is 2.19. The fraction of sp³-hybridized carbons (Fsp3) is 0.143. The molecular weight excluding hydrogens is 458 g/mol. The van der Waals surface area contributed by atoms with E-state index in [1.165, 1.54) is 6.26 Å². The summed E-state index contributed by atoms with van der Waals surface area (Å²) < 4.78 is 31.5. The molecule has 0 spiro atoms. The van der Waals surface area contributed by atoms with Crippen molar-refractivity contribution in [2.75, 3.05) is 13.4 Å². The second kappa shape index (κ2) is 8.67. The van der Waals surface area contributed by atoms with Crippen LogP contribution in [-0.2, 0) is 16.9 Å². The van der Waals surface area contributed by atoms with Crippen molar-refractivity contribution in [2.45, 2.75) is 11.8 Å². The van der Waals surface area contributed by atoms with Gasteiger partial charge in [0.2, 0.25) is 0 Å². The number of benzene rings is 3. The van der Waals surface area contributed by atoms with Crippen molar-refractivity contribution in [2.24, 2.45) is 7.05 Å². The number of methoxy groups -OCH3 is 1. The molecule has 0 unspecified atom stereocenters. The number of imidazole rings is 1. The summed E-state index contributed by atoms with van der Waals surface area (Å²) >= 11 is 0. The van der Waals surface area contributed by atoms with Crippen molar-refractivity contribution in [3.05, 3.63) is 84.7 Å². The molecule has 0 aliphatic rings. The lowest BCUT2D eigenvalue weighted by Crippen LogP contribution is -2.00. The Morgan fingerprint density at radius 3 is 2.26 bits per heavy atom. The second-order valence-corrected chi connectivity index (χ2v) is 10.6. The van der Waals surface area contributed by atoms with Crippen LogP contribution in [0.15, 0.2) is 84.0 Å². The van der Waals surface area contributed by atoms with E-state index in [0.29, 0.717) is 4.90 Å². The van der Waals surface area contributed by atoms with Crippen molar-refractivity contribution < 1.29 is 13.2 Å². The molecule has 5 rings (SSSR count). The minimum absolute atomic E-state index is 0.299.